The summed E-state index contributed by atoms with van der Waals surface area (Å²) in [5, 5.41) is 2.80. The highest BCUT2D eigenvalue weighted by molar-refractivity contribution is 7.89. The van der Waals surface area contributed by atoms with Gasteiger partial charge in [0.25, 0.3) is 0 Å². The van der Waals surface area contributed by atoms with Gasteiger partial charge >= 0.3 is 0 Å². The predicted molar refractivity (Wildman–Crippen MR) is 116 cm³/mol. The molecule has 2 aromatic carbocycles. The van der Waals surface area contributed by atoms with Crippen LogP contribution in [0.3, 0.4) is 0 Å². The standard InChI is InChI=1S/C22H28N2O5S/c1-16-14-17(6-9-20(16)28-2)7-11-22(25)23-19-15-18(8-10-21(19)29-3)30(26,27)24-12-4-5-13-24/h6,8-10,14-15H,4-5,7,11-13H2,1-3H3,(H,23,25). The van der Waals surface area contributed by atoms with E-state index in [1.165, 1.54) is 23.5 Å². The maximum atomic E-state index is 12.8. The number of carbonyl (C=O) groups excluding carboxylic acids is 1. The normalized spacial score (nSPS) is 14.5. The summed E-state index contributed by atoms with van der Waals surface area (Å²) in [7, 11) is -0.462. The molecule has 162 valence electrons. The number of amides is 1. The Hall–Kier alpha value is -2.58. The molecule has 1 aliphatic rings. The lowest BCUT2D eigenvalue weighted by atomic mass is 10.1. The lowest BCUT2D eigenvalue weighted by Gasteiger charge is -2.17. The summed E-state index contributed by atoms with van der Waals surface area (Å²) in [5.74, 6) is 1.02. The Morgan fingerprint density at radius 1 is 1.03 bits per heavy atom. The average Bonchev–Trinajstić information content (AvgIpc) is 3.28. The molecule has 0 spiro atoms. The van der Waals surface area contributed by atoms with Gasteiger partial charge in [-0.3, -0.25) is 4.79 Å². The van der Waals surface area contributed by atoms with Crippen molar-refractivity contribution >= 4 is 21.6 Å². The van der Waals surface area contributed by atoms with E-state index >= 15 is 0 Å². The minimum atomic E-state index is -3.57. The SMILES string of the molecule is COc1ccc(CCC(=O)Nc2cc(S(=O)(=O)N3CCCC3)ccc2OC)cc1C. The largest absolute Gasteiger partial charge is 0.496 e. The highest BCUT2D eigenvalue weighted by Crippen LogP contribution is 2.30. The van der Waals surface area contributed by atoms with Gasteiger partial charge in [0.05, 0.1) is 24.8 Å². The predicted octanol–water partition coefficient (Wildman–Crippen LogP) is 3.37. The highest BCUT2D eigenvalue weighted by atomic mass is 32.2. The van der Waals surface area contributed by atoms with Crippen LogP contribution in [0, 0.1) is 6.92 Å². The van der Waals surface area contributed by atoms with Crippen LogP contribution in [0.15, 0.2) is 41.3 Å². The van der Waals surface area contributed by atoms with Gasteiger partial charge in [-0.2, -0.15) is 4.31 Å². The van der Waals surface area contributed by atoms with Gasteiger partial charge in [-0.15, -0.1) is 0 Å². The van der Waals surface area contributed by atoms with Gasteiger partial charge < -0.3 is 14.8 Å². The molecular formula is C22H28N2O5S. The number of benzene rings is 2. The molecule has 1 N–H and O–H groups in total. The van der Waals surface area contributed by atoms with Crippen LogP contribution in [-0.2, 0) is 21.2 Å². The fourth-order valence-electron chi connectivity index (χ4n) is 3.59. The fourth-order valence-corrected chi connectivity index (χ4v) is 5.13. The summed E-state index contributed by atoms with van der Waals surface area (Å²) in [6, 6.07) is 10.4. The summed E-state index contributed by atoms with van der Waals surface area (Å²) >= 11 is 0. The third kappa shape index (κ3) is 4.94. The number of aryl methyl sites for hydroxylation is 2. The van der Waals surface area contributed by atoms with E-state index in [9.17, 15) is 13.2 Å². The van der Waals surface area contributed by atoms with Crippen LogP contribution in [0.25, 0.3) is 0 Å². The van der Waals surface area contributed by atoms with Crippen LogP contribution in [-0.4, -0.2) is 45.9 Å². The Bertz CT molecular complexity index is 1010. The smallest absolute Gasteiger partial charge is 0.243 e. The molecule has 1 saturated heterocycles. The zero-order chi connectivity index (χ0) is 21.7. The first-order chi connectivity index (χ1) is 14.3. The van der Waals surface area contributed by atoms with E-state index in [0.29, 0.717) is 30.9 Å². The fraction of sp³-hybridized carbons (Fsp3) is 0.409. The van der Waals surface area contributed by atoms with Crippen LogP contribution < -0.4 is 14.8 Å². The van der Waals surface area contributed by atoms with Gasteiger partial charge in [0.15, 0.2) is 0 Å². The molecule has 0 bridgehead atoms. The average molecular weight is 433 g/mol. The molecule has 1 heterocycles. The van der Waals surface area contributed by atoms with Gasteiger partial charge in [-0.05, 0) is 61.6 Å². The van der Waals surface area contributed by atoms with Crippen molar-refractivity contribution in [1.29, 1.82) is 0 Å². The second kappa shape index (κ2) is 9.49. The minimum Gasteiger partial charge on any atom is -0.496 e. The summed E-state index contributed by atoms with van der Waals surface area (Å²) in [4.78, 5) is 12.7. The molecule has 0 aromatic heterocycles. The Labute approximate surface area is 178 Å². The number of ether oxygens (including phenoxy) is 2. The summed E-state index contributed by atoms with van der Waals surface area (Å²) < 4.78 is 37.7. The van der Waals surface area contributed by atoms with Crippen molar-refractivity contribution in [2.24, 2.45) is 0 Å². The van der Waals surface area contributed by atoms with Gasteiger partial charge in [0.1, 0.15) is 11.5 Å². The Morgan fingerprint density at radius 3 is 2.33 bits per heavy atom. The van der Waals surface area contributed by atoms with E-state index < -0.39 is 10.0 Å². The number of methoxy groups -OCH3 is 2. The number of sulfonamides is 1. The van der Waals surface area contributed by atoms with Gasteiger partial charge in [-0.25, -0.2) is 8.42 Å². The lowest BCUT2D eigenvalue weighted by molar-refractivity contribution is -0.116. The number of carbonyl (C=O) groups is 1. The lowest BCUT2D eigenvalue weighted by Crippen LogP contribution is -2.28. The third-order valence-corrected chi connectivity index (χ3v) is 7.14. The third-order valence-electron chi connectivity index (χ3n) is 5.25. The van der Waals surface area contributed by atoms with Crippen LogP contribution >= 0.6 is 0 Å². The first kappa shape index (κ1) is 22.1. The van der Waals surface area contributed by atoms with Gasteiger partial charge in [0, 0.05) is 19.5 Å². The molecule has 8 heteroatoms. The second-order valence-electron chi connectivity index (χ2n) is 7.33. The van der Waals surface area contributed by atoms with Crippen molar-refractivity contribution < 1.29 is 22.7 Å². The quantitative estimate of drug-likeness (QED) is 0.691. The van der Waals surface area contributed by atoms with Crippen molar-refractivity contribution in [3.05, 3.63) is 47.5 Å². The molecule has 30 heavy (non-hydrogen) atoms. The molecule has 0 aliphatic carbocycles. The zero-order valence-corrected chi connectivity index (χ0v) is 18.4. The van der Waals surface area contributed by atoms with Crippen molar-refractivity contribution in [2.75, 3.05) is 32.6 Å². The van der Waals surface area contributed by atoms with E-state index in [-0.39, 0.29) is 17.2 Å². The van der Waals surface area contributed by atoms with Gasteiger partial charge in [0.2, 0.25) is 15.9 Å². The monoisotopic (exact) mass is 432 g/mol. The molecule has 2 aromatic rings. The Balaban J connectivity index is 1.71. The van der Waals surface area contributed by atoms with E-state index in [1.807, 2.05) is 25.1 Å². The molecule has 1 aliphatic heterocycles. The van der Waals surface area contributed by atoms with Crippen LogP contribution in [0.2, 0.25) is 0 Å². The van der Waals surface area contributed by atoms with E-state index in [2.05, 4.69) is 5.32 Å². The van der Waals surface area contributed by atoms with Crippen molar-refractivity contribution in [3.8, 4) is 11.5 Å². The number of hydrogen-bond acceptors (Lipinski definition) is 5. The summed E-state index contributed by atoms with van der Waals surface area (Å²) in [6.07, 6.45) is 2.55. The topological polar surface area (TPSA) is 84.9 Å². The van der Waals surface area contributed by atoms with Crippen molar-refractivity contribution in [2.45, 2.75) is 37.5 Å². The number of nitrogens with zero attached hydrogens (tertiary/aromatic N) is 1. The Morgan fingerprint density at radius 2 is 1.70 bits per heavy atom. The van der Waals surface area contributed by atoms with Crippen molar-refractivity contribution in [1.82, 2.24) is 4.31 Å². The number of anilines is 1. The van der Waals surface area contributed by atoms with Crippen LogP contribution in [0.1, 0.15) is 30.4 Å². The summed E-state index contributed by atoms with van der Waals surface area (Å²) in [6.45, 7) is 3.01. The first-order valence-electron chi connectivity index (χ1n) is 9.96. The zero-order valence-electron chi connectivity index (χ0n) is 17.6. The molecule has 7 nitrogen and oxygen atoms in total. The molecular weight excluding hydrogens is 404 g/mol. The van der Waals surface area contributed by atoms with Crippen molar-refractivity contribution in [3.63, 3.8) is 0 Å². The van der Waals surface area contributed by atoms with Crippen LogP contribution in [0.4, 0.5) is 5.69 Å². The summed E-state index contributed by atoms with van der Waals surface area (Å²) in [5.41, 5.74) is 2.39. The first-order valence-corrected chi connectivity index (χ1v) is 11.4. The molecule has 0 unspecified atom stereocenters. The molecule has 0 saturated carbocycles. The molecule has 0 radical (unpaired) electrons. The van der Waals surface area contributed by atoms with Crippen LogP contribution in [0.5, 0.6) is 11.5 Å². The number of nitrogens with one attached hydrogen (secondary N) is 1. The van der Waals surface area contributed by atoms with E-state index in [4.69, 9.17) is 9.47 Å². The molecule has 0 atom stereocenters. The second-order valence-corrected chi connectivity index (χ2v) is 9.26. The highest BCUT2D eigenvalue weighted by Gasteiger charge is 2.28. The van der Waals surface area contributed by atoms with Gasteiger partial charge in [-0.1, -0.05) is 12.1 Å². The molecule has 1 fully saturated rings. The van der Waals surface area contributed by atoms with E-state index in [1.54, 1.807) is 13.2 Å². The van der Waals surface area contributed by atoms with E-state index in [0.717, 1.165) is 29.7 Å². The molecule has 3 rings (SSSR count). The number of hydrogen-bond donors (Lipinski definition) is 1. The number of rotatable bonds is 8. The maximum absolute atomic E-state index is 12.8. The Kier molecular flexibility index (Phi) is 6.99. The molecule has 1 amide bonds. The maximum Gasteiger partial charge on any atom is 0.243 e. The minimum absolute atomic E-state index is 0.159.